The summed E-state index contributed by atoms with van der Waals surface area (Å²) in [5.74, 6) is 2.31. The molecule has 38 heavy (non-hydrogen) atoms. The van der Waals surface area contributed by atoms with Gasteiger partial charge in [0, 0.05) is 11.6 Å². The lowest BCUT2D eigenvalue weighted by Gasteiger charge is -2.20. The molecule has 0 heterocycles. The van der Waals surface area contributed by atoms with Crippen LogP contribution in [0.2, 0.25) is 0 Å². The van der Waals surface area contributed by atoms with E-state index in [0.717, 1.165) is 11.1 Å². The summed E-state index contributed by atoms with van der Waals surface area (Å²) in [7, 11) is 3.72. The third kappa shape index (κ3) is 6.34. The molecule has 1 N–H and O–H groups in total. The van der Waals surface area contributed by atoms with Crippen LogP contribution in [0.4, 0.5) is 5.69 Å². The minimum Gasteiger partial charge on any atom is -0.493 e. The Labute approximate surface area is 225 Å². The molecule has 0 spiro atoms. The minimum atomic E-state index is -3.91. The zero-order chi connectivity index (χ0) is 28.1. The van der Waals surface area contributed by atoms with Crippen LogP contribution in [0.3, 0.4) is 0 Å². The Morgan fingerprint density at radius 2 is 1.29 bits per heavy atom. The van der Waals surface area contributed by atoms with Gasteiger partial charge < -0.3 is 23.7 Å². The first-order valence-corrected chi connectivity index (χ1v) is 13.3. The molecule has 0 aliphatic carbocycles. The summed E-state index contributed by atoms with van der Waals surface area (Å²) in [6.07, 6.45) is 3.58. The number of benzene rings is 3. The smallest absolute Gasteiger partial charge is 0.261 e. The van der Waals surface area contributed by atoms with Crippen LogP contribution in [0.15, 0.2) is 53.4 Å². The lowest BCUT2D eigenvalue weighted by molar-refractivity contribution is 0.324. The summed E-state index contributed by atoms with van der Waals surface area (Å²) in [6, 6.07) is 13.8. The Bertz CT molecular complexity index is 1400. The average molecular weight is 542 g/mol. The average Bonchev–Trinajstić information content (AvgIpc) is 2.90. The minimum absolute atomic E-state index is 0.166. The van der Waals surface area contributed by atoms with E-state index in [2.05, 4.69) is 4.72 Å². The zero-order valence-electron chi connectivity index (χ0n) is 23.0. The SMILES string of the molecule is COc1cc(C=Cc2cc(OC)c(OC)c(OC)c2)c(NS(=O)(=O)c2cccc(C(C)(C)C)c2)cc1OC. The Hall–Kier alpha value is -3.85. The Balaban J connectivity index is 2.09. The molecule has 3 aromatic carbocycles. The van der Waals surface area contributed by atoms with Crippen molar-refractivity contribution in [2.24, 2.45) is 0 Å². The number of methoxy groups -OCH3 is 5. The van der Waals surface area contributed by atoms with E-state index in [9.17, 15) is 8.42 Å². The molecule has 0 radical (unpaired) electrons. The van der Waals surface area contributed by atoms with Crippen LogP contribution in [0.1, 0.15) is 37.5 Å². The summed E-state index contributed by atoms with van der Waals surface area (Å²) < 4.78 is 56.8. The van der Waals surface area contributed by atoms with Crippen LogP contribution in [-0.4, -0.2) is 44.0 Å². The molecule has 0 fully saturated rings. The first-order valence-electron chi connectivity index (χ1n) is 11.8. The molecule has 0 aliphatic heterocycles. The molecule has 0 atom stereocenters. The van der Waals surface area contributed by atoms with Gasteiger partial charge in [-0.3, -0.25) is 4.72 Å². The van der Waals surface area contributed by atoms with Crippen LogP contribution in [0, 0.1) is 0 Å². The summed E-state index contributed by atoms with van der Waals surface area (Å²) in [5, 5.41) is 0. The largest absolute Gasteiger partial charge is 0.493 e. The van der Waals surface area contributed by atoms with Crippen molar-refractivity contribution < 1.29 is 32.1 Å². The van der Waals surface area contributed by atoms with E-state index in [-0.39, 0.29) is 10.3 Å². The van der Waals surface area contributed by atoms with E-state index in [1.54, 1.807) is 62.8 Å². The van der Waals surface area contributed by atoms with E-state index >= 15 is 0 Å². The van der Waals surface area contributed by atoms with Crippen molar-refractivity contribution in [2.75, 3.05) is 40.3 Å². The first kappa shape index (κ1) is 28.7. The molecule has 0 aromatic heterocycles. The number of hydrogen-bond acceptors (Lipinski definition) is 7. The monoisotopic (exact) mass is 541 g/mol. The Kier molecular flexibility index (Phi) is 8.83. The number of anilines is 1. The molecule has 0 amide bonds. The highest BCUT2D eigenvalue weighted by Gasteiger charge is 2.21. The second-order valence-corrected chi connectivity index (χ2v) is 11.2. The van der Waals surface area contributed by atoms with Crippen molar-refractivity contribution in [3.8, 4) is 28.7 Å². The normalized spacial score (nSPS) is 11.8. The summed E-state index contributed by atoms with van der Waals surface area (Å²) in [6.45, 7) is 6.10. The molecule has 0 saturated heterocycles. The quantitative estimate of drug-likeness (QED) is 0.315. The number of hydrogen-bond donors (Lipinski definition) is 1. The molecule has 0 unspecified atom stereocenters. The molecule has 0 bridgehead atoms. The molecule has 0 saturated carbocycles. The van der Waals surface area contributed by atoms with Crippen LogP contribution in [0.5, 0.6) is 28.7 Å². The highest BCUT2D eigenvalue weighted by molar-refractivity contribution is 7.92. The van der Waals surface area contributed by atoms with E-state index in [4.69, 9.17) is 23.7 Å². The first-order chi connectivity index (χ1) is 18.0. The van der Waals surface area contributed by atoms with Gasteiger partial charge in [0.15, 0.2) is 23.0 Å². The number of ether oxygens (including phenoxy) is 5. The fourth-order valence-electron chi connectivity index (χ4n) is 3.84. The second-order valence-electron chi connectivity index (χ2n) is 9.47. The number of rotatable bonds is 10. The maximum absolute atomic E-state index is 13.4. The highest BCUT2D eigenvalue weighted by Crippen LogP contribution is 2.40. The van der Waals surface area contributed by atoms with Crippen molar-refractivity contribution in [1.29, 1.82) is 0 Å². The number of nitrogens with one attached hydrogen (secondary N) is 1. The predicted molar refractivity (Wildman–Crippen MR) is 151 cm³/mol. The van der Waals surface area contributed by atoms with Crippen molar-refractivity contribution >= 4 is 27.9 Å². The third-order valence-corrected chi connectivity index (χ3v) is 7.32. The predicted octanol–water partition coefficient (Wildman–Crippen LogP) is 6.00. The van der Waals surface area contributed by atoms with Crippen LogP contribution < -0.4 is 28.4 Å². The Morgan fingerprint density at radius 3 is 1.82 bits per heavy atom. The zero-order valence-corrected chi connectivity index (χ0v) is 23.9. The highest BCUT2D eigenvalue weighted by atomic mass is 32.2. The topological polar surface area (TPSA) is 92.3 Å². The summed E-state index contributed by atoms with van der Waals surface area (Å²) in [5.41, 5.74) is 2.35. The molecule has 8 nitrogen and oxygen atoms in total. The van der Waals surface area contributed by atoms with Crippen molar-refractivity contribution in [2.45, 2.75) is 31.1 Å². The molecule has 3 aromatic rings. The van der Waals surface area contributed by atoms with Crippen molar-refractivity contribution in [1.82, 2.24) is 0 Å². The lowest BCUT2D eigenvalue weighted by atomic mass is 9.87. The van der Waals surface area contributed by atoms with Gasteiger partial charge in [-0.15, -0.1) is 0 Å². The second kappa shape index (κ2) is 11.7. The summed E-state index contributed by atoms with van der Waals surface area (Å²) >= 11 is 0. The van der Waals surface area contributed by atoms with Crippen molar-refractivity contribution in [3.05, 3.63) is 65.2 Å². The van der Waals surface area contributed by atoms with Gasteiger partial charge in [0.25, 0.3) is 10.0 Å². The van der Waals surface area contributed by atoms with E-state index in [0.29, 0.717) is 40.0 Å². The maximum atomic E-state index is 13.4. The molecular weight excluding hydrogens is 506 g/mol. The molecular formula is C29H35NO7S. The summed E-state index contributed by atoms with van der Waals surface area (Å²) in [4.78, 5) is 0.166. The van der Waals surface area contributed by atoms with E-state index in [1.165, 1.54) is 21.3 Å². The lowest BCUT2D eigenvalue weighted by Crippen LogP contribution is -2.16. The van der Waals surface area contributed by atoms with Gasteiger partial charge in [0.1, 0.15) is 0 Å². The maximum Gasteiger partial charge on any atom is 0.261 e. The Morgan fingerprint density at radius 1 is 0.711 bits per heavy atom. The van der Waals surface area contributed by atoms with Crippen molar-refractivity contribution in [3.63, 3.8) is 0 Å². The third-order valence-electron chi connectivity index (χ3n) is 5.95. The van der Waals surface area contributed by atoms with Gasteiger partial charge in [-0.05, 0) is 46.9 Å². The standard InChI is InChI=1S/C29H35NO7S/c1-29(2,3)21-10-9-11-22(17-21)38(31,32)30-23-18-25(34-5)24(33-4)16-20(23)13-12-19-14-26(35-6)28(37-8)27(15-19)36-7/h9-18,30H,1-8H3. The van der Waals surface area contributed by atoms with Crippen LogP contribution in [-0.2, 0) is 15.4 Å². The van der Waals surface area contributed by atoms with Gasteiger partial charge in [-0.1, -0.05) is 45.1 Å². The van der Waals surface area contributed by atoms with Crippen LogP contribution in [0.25, 0.3) is 12.2 Å². The van der Waals surface area contributed by atoms with E-state index < -0.39 is 10.0 Å². The fourth-order valence-corrected chi connectivity index (χ4v) is 4.96. The number of sulfonamides is 1. The molecule has 204 valence electrons. The molecule has 0 aliphatic rings. The van der Waals surface area contributed by atoms with Gasteiger partial charge in [0.2, 0.25) is 5.75 Å². The van der Waals surface area contributed by atoms with Gasteiger partial charge in [0.05, 0.1) is 46.1 Å². The molecule has 3 rings (SSSR count). The van der Waals surface area contributed by atoms with Gasteiger partial charge in [-0.2, -0.15) is 0 Å². The van der Waals surface area contributed by atoms with Gasteiger partial charge >= 0.3 is 0 Å². The van der Waals surface area contributed by atoms with Crippen LogP contribution >= 0.6 is 0 Å². The molecule has 9 heteroatoms. The van der Waals surface area contributed by atoms with E-state index in [1.807, 2.05) is 32.9 Å². The fraction of sp³-hybridized carbons (Fsp3) is 0.310. The van der Waals surface area contributed by atoms with Gasteiger partial charge in [-0.25, -0.2) is 8.42 Å².